The van der Waals surface area contributed by atoms with Crippen molar-refractivity contribution in [3.8, 4) is 66.8 Å². The van der Waals surface area contributed by atoms with E-state index in [1.807, 2.05) is 0 Å². The molecule has 10 aromatic carbocycles. The molecule has 0 aliphatic heterocycles. The van der Waals surface area contributed by atoms with Gasteiger partial charge in [-0.3, -0.25) is 0 Å². The van der Waals surface area contributed by atoms with E-state index in [9.17, 15) is 0 Å². The van der Waals surface area contributed by atoms with E-state index in [4.69, 9.17) is 0 Å². The molecule has 326 valence electrons. The van der Waals surface area contributed by atoms with Crippen LogP contribution in [-0.2, 0) is 16.2 Å². The Morgan fingerprint density at radius 2 is 0.559 bits per heavy atom. The van der Waals surface area contributed by atoms with Gasteiger partial charge in [-0.25, -0.2) is 0 Å². The summed E-state index contributed by atoms with van der Waals surface area (Å²) in [5.41, 5.74) is 26.9. The third-order valence-corrected chi connectivity index (χ3v) is 16.1. The lowest BCUT2D eigenvalue weighted by molar-refractivity contribution is 0.660. The minimum absolute atomic E-state index is 0.0507. The summed E-state index contributed by atoms with van der Waals surface area (Å²) in [6, 6.07) is 80.0. The van der Waals surface area contributed by atoms with Crippen molar-refractivity contribution < 1.29 is 0 Å². The van der Waals surface area contributed by atoms with Crippen LogP contribution in [0.4, 0.5) is 17.1 Å². The maximum atomic E-state index is 2.45. The monoisotopic (exact) mass is 871 g/mol. The van der Waals surface area contributed by atoms with Crippen LogP contribution < -0.4 is 4.90 Å². The molecule has 0 radical (unpaired) electrons. The van der Waals surface area contributed by atoms with Crippen LogP contribution in [0.25, 0.3) is 77.5 Å². The van der Waals surface area contributed by atoms with Gasteiger partial charge in [0.2, 0.25) is 0 Å². The van der Waals surface area contributed by atoms with E-state index in [1.165, 1.54) is 111 Å². The maximum Gasteiger partial charge on any atom is 0.0465 e. The summed E-state index contributed by atoms with van der Waals surface area (Å²) in [6.07, 6.45) is 0. The summed E-state index contributed by atoms with van der Waals surface area (Å²) in [5, 5.41) is 2.53. The van der Waals surface area contributed by atoms with Crippen LogP contribution in [0.1, 0.15) is 74.9 Å². The number of nitrogens with zero attached hydrogens (tertiary/aromatic N) is 1. The zero-order valence-corrected chi connectivity index (χ0v) is 39.7. The van der Waals surface area contributed by atoms with Crippen molar-refractivity contribution in [2.45, 2.75) is 57.8 Å². The summed E-state index contributed by atoms with van der Waals surface area (Å²) in [6.45, 7) is 14.2. The van der Waals surface area contributed by atoms with Gasteiger partial charge in [-0.1, -0.05) is 193 Å². The number of anilines is 3. The van der Waals surface area contributed by atoms with Crippen molar-refractivity contribution in [1.29, 1.82) is 0 Å². The molecular weight excluding hydrogens is 819 g/mol. The lowest BCUT2D eigenvalue weighted by Crippen LogP contribution is -2.16. The molecule has 0 bridgehead atoms. The Kier molecular flexibility index (Phi) is 8.72. The van der Waals surface area contributed by atoms with Gasteiger partial charge in [0.05, 0.1) is 0 Å². The second-order valence-electron chi connectivity index (χ2n) is 21.0. The zero-order chi connectivity index (χ0) is 46.1. The highest BCUT2D eigenvalue weighted by atomic mass is 15.1. The maximum absolute atomic E-state index is 2.45. The average Bonchev–Trinajstić information content (AvgIpc) is 3.85. The van der Waals surface area contributed by atoms with Crippen LogP contribution >= 0.6 is 0 Å². The van der Waals surface area contributed by atoms with Crippen LogP contribution in [0.5, 0.6) is 0 Å². The fourth-order valence-electron chi connectivity index (χ4n) is 12.2. The number of rotatable bonds is 6. The molecule has 1 nitrogen and oxygen atoms in total. The minimum atomic E-state index is -0.199. The standard InChI is InChI=1S/C67H53N/c1-65(2)59-17-11-9-15-53(59)55-33-25-47(38-61(55)65)43-21-28-50(29-22-43)68(51-30-23-44(24-31-51)48-26-34-56-54-16-10-12-18-60(54)66(3,4)62(56)39-48)52-32-36-58-57-35-27-49(40-63(57)67(5,6)64(58)41-52)46-20-19-42-13-7-8-14-45(42)37-46/h7-41H,1-6H3. The topological polar surface area (TPSA) is 3.24 Å². The molecule has 0 fully saturated rings. The van der Waals surface area contributed by atoms with Crippen molar-refractivity contribution >= 4 is 27.8 Å². The molecule has 0 saturated heterocycles. The summed E-state index contributed by atoms with van der Waals surface area (Å²) >= 11 is 0. The SMILES string of the molecule is CC1(C)c2ccccc2-c2ccc(-c3ccc(N(c4ccc(-c5ccc6c(c5)C(C)(C)c5ccccc5-6)cc4)c4ccc5c(c4)C(C)(C)c4cc(-c6ccc7ccccc7c6)ccc4-5)cc3)cc21. The van der Waals surface area contributed by atoms with E-state index in [-0.39, 0.29) is 16.2 Å². The van der Waals surface area contributed by atoms with Crippen molar-refractivity contribution in [3.05, 3.63) is 246 Å². The molecule has 3 aliphatic carbocycles. The summed E-state index contributed by atoms with van der Waals surface area (Å²) in [5.74, 6) is 0. The first kappa shape index (κ1) is 40.5. The van der Waals surface area contributed by atoms with Gasteiger partial charge >= 0.3 is 0 Å². The fourth-order valence-corrected chi connectivity index (χ4v) is 12.2. The molecule has 0 heterocycles. The van der Waals surface area contributed by atoms with Crippen LogP contribution in [-0.4, -0.2) is 0 Å². The van der Waals surface area contributed by atoms with Crippen LogP contribution in [0.15, 0.2) is 212 Å². The van der Waals surface area contributed by atoms with E-state index in [0.717, 1.165) is 17.1 Å². The normalized spacial score (nSPS) is 15.0. The Morgan fingerprint density at radius 1 is 0.235 bits per heavy atom. The highest BCUT2D eigenvalue weighted by Crippen LogP contribution is 2.54. The summed E-state index contributed by atoms with van der Waals surface area (Å²) in [7, 11) is 0. The lowest BCUT2D eigenvalue weighted by Gasteiger charge is -2.28. The highest BCUT2D eigenvalue weighted by Gasteiger charge is 2.38. The van der Waals surface area contributed by atoms with Crippen molar-refractivity contribution in [3.63, 3.8) is 0 Å². The third kappa shape index (κ3) is 6.01. The van der Waals surface area contributed by atoms with Crippen molar-refractivity contribution in [1.82, 2.24) is 0 Å². The van der Waals surface area contributed by atoms with Gasteiger partial charge in [0.15, 0.2) is 0 Å². The Labute approximate surface area is 401 Å². The zero-order valence-electron chi connectivity index (χ0n) is 39.7. The second-order valence-corrected chi connectivity index (χ2v) is 21.0. The van der Waals surface area contributed by atoms with Gasteiger partial charge in [0, 0.05) is 33.3 Å². The first-order chi connectivity index (χ1) is 32.9. The molecular formula is C67H53N. The van der Waals surface area contributed by atoms with Crippen LogP contribution in [0.3, 0.4) is 0 Å². The Morgan fingerprint density at radius 3 is 1.06 bits per heavy atom. The van der Waals surface area contributed by atoms with Crippen molar-refractivity contribution in [2.24, 2.45) is 0 Å². The average molecular weight is 872 g/mol. The predicted octanol–water partition coefficient (Wildman–Crippen LogP) is 18.2. The molecule has 10 aromatic rings. The quantitative estimate of drug-likeness (QED) is 0.161. The number of hydrogen-bond donors (Lipinski definition) is 0. The molecule has 3 aliphatic rings. The third-order valence-electron chi connectivity index (χ3n) is 16.1. The van der Waals surface area contributed by atoms with Gasteiger partial charge in [-0.05, 0) is 172 Å². The van der Waals surface area contributed by atoms with Crippen molar-refractivity contribution in [2.75, 3.05) is 4.90 Å². The predicted molar refractivity (Wildman–Crippen MR) is 288 cm³/mol. The Bertz CT molecular complexity index is 3540. The van der Waals surface area contributed by atoms with Gasteiger partial charge in [-0.2, -0.15) is 0 Å². The fraction of sp³-hybridized carbons (Fsp3) is 0.134. The van der Waals surface area contributed by atoms with Gasteiger partial charge in [0.1, 0.15) is 0 Å². The van der Waals surface area contributed by atoms with Crippen LogP contribution in [0.2, 0.25) is 0 Å². The number of benzene rings is 10. The largest absolute Gasteiger partial charge is 0.310 e. The molecule has 0 unspecified atom stereocenters. The number of fused-ring (bicyclic) bond motifs is 10. The minimum Gasteiger partial charge on any atom is -0.310 e. The molecule has 68 heavy (non-hydrogen) atoms. The molecule has 0 aromatic heterocycles. The highest BCUT2D eigenvalue weighted by molar-refractivity contribution is 5.92. The van der Waals surface area contributed by atoms with Gasteiger partial charge in [0.25, 0.3) is 0 Å². The van der Waals surface area contributed by atoms with E-state index < -0.39 is 0 Å². The Hall–Kier alpha value is -7.74. The first-order valence-electron chi connectivity index (χ1n) is 24.2. The molecule has 0 atom stereocenters. The molecule has 0 saturated carbocycles. The molecule has 1 heteroatoms. The molecule has 0 N–H and O–H groups in total. The van der Waals surface area contributed by atoms with Gasteiger partial charge < -0.3 is 4.90 Å². The summed E-state index contributed by atoms with van der Waals surface area (Å²) < 4.78 is 0. The summed E-state index contributed by atoms with van der Waals surface area (Å²) in [4.78, 5) is 2.44. The van der Waals surface area contributed by atoms with E-state index >= 15 is 0 Å². The molecule has 0 spiro atoms. The molecule has 13 rings (SSSR count). The van der Waals surface area contributed by atoms with E-state index in [1.54, 1.807) is 0 Å². The number of hydrogen-bond acceptors (Lipinski definition) is 1. The van der Waals surface area contributed by atoms with E-state index in [0.29, 0.717) is 0 Å². The second kappa shape index (κ2) is 14.6. The van der Waals surface area contributed by atoms with Crippen LogP contribution in [0, 0.1) is 0 Å². The lowest BCUT2D eigenvalue weighted by atomic mass is 9.81. The first-order valence-corrected chi connectivity index (χ1v) is 24.2. The smallest absolute Gasteiger partial charge is 0.0465 e. The van der Waals surface area contributed by atoms with E-state index in [2.05, 4.69) is 259 Å². The Balaban J connectivity index is 0.884. The van der Waals surface area contributed by atoms with Gasteiger partial charge in [-0.15, -0.1) is 0 Å². The molecule has 0 amide bonds.